The standard InChI is InChI=1S/C10H19N/c1-3-11-9-4-5-10(11)7-8(2)6-9/h8-10H,3-7H2,1-2H3/t8?,9-,10?/m1/s1. The molecule has 11 heavy (non-hydrogen) atoms. The van der Waals surface area contributed by atoms with Gasteiger partial charge in [-0.25, -0.2) is 0 Å². The van der Waals surface area contributed by atoms with Crippen LogP contribution in [0.5, 0.6) is 0 Å². The van der Waals surface area contributed by atoms with Crippen LogP contribution in [0.2, 0.25) is 0 Å². The largest absolute Gasteiger partial charge is 0.298 e. The maximum atomic E-state index is 2.72. The fraction of sp³-hybridized carbons (Fsp3) is 1.00. The summed E-state index contributed by atoms with van der Waals surface area (Å²) in [4.78, 5) is 2.72. The first-order valence-corrected chi connectivity index (χ1v) is 5.07. The van der Waals surface area contributed by atoms with Crippen LogP contribution < -0.4 is 0 Å². The Kier molecular flexibility index (Phi) is 1.92. The molecule has 2 aliphatic heterocycles. The van der Waals surface area contributed by atoms with Gasteiger partial charge in [0.15, 0.2) is 0 Å². The van der Waals surface area contributed by atoms with E-state index in [9.17, 15) is 0 Å². The summed E-state index contributed by atoms with van der Waals surface area (Å²) in [7, 11) is 0. The van der Waals surface area contributed by atoms with Gasteiger partial charge in [-0.15, -0.1) is 0 Å². The zero-order valence-corrected chi connectivity index (χ0v) is 7.71. The van der Waals surface area contributed by atoms with Crippen LogP contribution in [0.1, 0.15) is 39.5 Å². The average Bonchev–Trinajstić information content (AvgIpc) is 2.23. The number of hydrogen-bond donors (Lipinski definition) is 0. The third kappa shape index (κ3) is 1.20. The molecule has 2 aliphatic rings. The molecular weight excluding hydrogens is 134 g/mol. The van der Waals surface area contributed by atoms with Crippen molar-refractivity contribution in [2.45, 2.75) is 51.6 Å². The van der Waals surface area contributed by atoms with Crippen molar-refractivity contribution in [1.82, 2.24) is 4.90 Å². The van der Waals surface area contributed by atoms with E-state index >= 15 is 0 Å². The molecule has 0 radical (unpaired) electrons. The molecule has 64 valence electrons. The van der Waals surface area contributed by atoms with Crippen molar-refractivity contribution >= 4 is 0 Å². The fourth-order valence-electron chi connectivity index (χ4n) is 3.06. The van der Waals surface area contributed by atoms with Gasteiger partial charge in [0.25, 0.3) is 0 Å². The number of nitrogens with zero attached hydrogens (tertiary/aromatic N) is 1. The molecule has 2 unspecified atom stereocenters. The van der Waals surface area contributed by atoms with Crippen LogP contribution in [0.15, 0.2) is 0 Å². The molecule has 1 nitrogen and oxygen atoms in total. The Balaban J connectivity index is 2.06. The lowest BCUT2D eigenvalue weighted by Gasteiger charge is -2.36. The Hall–Kier alpha value is -0.0400. The summed E-state index contributed by atoms with van der Waals surface area (Å²) in [6.45, 7) is 6.00. The zero-order valence-electron chi connectivity index (χ0n) is 7.71. The minimum absolute atomic E-state index is 0.953. The number of hydrogen-bond acceptors (Lipinski definition) is 1. The molecule has 2 bridgehead atoms. The molecular formula is C10H19N. The molecule has 0 amide bonds. The molecule has 0 aromatic carbocycles. The van der Waals surface area contributed by atoms with Crippen LogP contribution in [0.3, 0.4) is 0 Å². The highest BCUT2D eigenvalue weighted by molar-refractivity contribution is 4.93. The van der Waals surface area contributed by atoms with Gasteiger partial charge in [-0.3, -0.25) is 4.90 Å². The molecule has 2 fully saturated rings. The van der Waals surface area contributed by atoms with E-state index in [-0.39, 0.29) is 0 Å². The summed E-state index contributed by atoms with van der Waals surface area (Å²) in [5, 5.41) is 0. The summed E-state index contributed by atoms with van der Waals surface area (Å²) in [6, 6.07) is 1.91. The van der Waals surface area contributed by atoms with Crippen LogP contribution in [0, 0.1) is 5.92 Å². The van der Waals surface area contributed by atoms with E-state index in [4.69, 9.17) is 0 Å². The van der Waals surface area contributed by atoms with Gasteiger partial charge in [-0.05, 0) is 38.1 Å². The summed E-state index contributed by atoms with van der Waals surface area (Å²) >= 11 is 0. The predicted octanol–water partition coefficient (Wildman–Crippen LogP) is 2.27. The second-order valence-electron chi connectivity index (χ2n) is 4.29. The smallest absolute Gasteiger partial charge is 0.0101 e. The van der Waals surface area contributed by atoms with E-state index in [1.165, 1.54) is 32.2 Å². The van der Waals surface area contributed by atoms with Gasteiger partial charge in [-0.1, -0.05) is 13.8 Å². The minimum Gasteiger partial charge on any atom is -0.298 e. The molecule has 1 heteroatoms. The molecule has 0 N–H and O–H groups in total. The van der Waals surface area contributed by atoms with Crippen molar-refractivity contribution in [1.29, 1.82) is 0 Å². The van der Waals surface area contributed by atoms with Gasteiger partial charge in [0.2, 0.25) is 0 Å². The molecule has 2 heterocycles. The van der Waals surface area contributed by atoms with Crippen molar-refractivity contribution in [3.05, 3.63) is 0 Å². The molecule has 2 rings (SSSR count). The third-order valence-electron chi connectivity index (χ3n) is 3.49. The van der Waals surface area contributed by atoms with Crippen LogP contribution >= 0.6 is 0 Å². The highest BCUT2D eigenvalue weighted by Gasteiger charge is 2.37. The topological polar surface area (TPSA) is 3.24 Å². The van der Waals surface area contributed by atoms with Crippen molar-refractivity contribution in [2.24, 2.45) is 5.92 Å². The van der Waals surface area contributed by atoms with E-state index in [1.807, 2.05) is 0 Å². The molecule has 0 aromatic rings. The molecule has 0 aliphatic carbocycles. The lowest BCUT2D eigenvalue weighted by atomic mass is 9.92. The summed E-state index contributed by atoms with van der Waals surface area (Å²) in [5.74, 6) is 0.996. The van der Waals surface area contributed by atoms with Gasteiger partial charge in [0, 0.05) is 12.1 Å². The number of rotatable bonds is 1. The Bertz CT molecular complexity index is 130. The highest BCUT2D eigenvalue weighted by Crippen LogP contribution is 2.37. The summed E-state index contributed by atoms with van der Waals surface area (Å²) in [5.41, 5.74) is 0. The number of piperidine rings is 1. The zero-order chi connectivity index (χ0) is 7.84. The molecule has 0 aromatic heterocycles. The lowest BCUT2D eigenvalue weighted by Crippen LogP contribution is -2.41. The third-order valence-corrected chi connectivity index (χ3v) is 3.49. The summed E-state index contributed by atoms with van der Waals surface area (Å²) in [6.07, 6.45) is 5.88. The number of fused-ring (bicyclic) bond motifs is 2. The van der Waals surface area contributed by atoms with Crippen molar-refractivity contribution in [2.75, 3.05) is 6.54 Å². The van der Waals surface area contributed by atoms with Crippen LogP contribution in [-0.2, 0) is 0 Å². The second kappa shape index (κ2) is 2.78. The average molecular weight is 153 g/mol. The highest BCUT2D eigenvalue weighted by atomic mass is 15.2. The molecule has 3 atom stereocenters. The van der Waals surface area contributed by atoms with E-state index < -0.39 is 0 Å². The first kappa shape index (κ1) is 7.60. The maximum absolute atomic E-state index is 2.72. The Labute approximate surface area is 69.8 Å². The summed E-state index contributed by atoms with van der Waals surface area (Å²) < 4.78 is 0. The van der Waals surface area contributed by atoms with E-state index in [1.54, 1.807) is 0 Å². The monoisotopic (exact) mass is 153 g/mol. The molecule has 0 spiro atoms. The van der Waals surface area contributed by atoms with Crippen LogP contribution in [0.25, 0.3) is 0 Å². The van der Waals surface area contributed by atoms with Gasteiger partial charge in [0.1, 0.15) is 0 Å². The van der Waals surface area contributed by atoms with E-state index in [0.717, 1.165) is 18.0 Å². The molecule has 0 saturated carbocycles. The van der Waals surface area contributed by atoms with Crippen molar-refractivity contribution in [3.8, 4) is 0 Å². The fourth-order valence-corrected chi connectivity index (χ4v) is 3.06. The Morgan fingerprint density at radius 3 is 2.18 bits per heavy atom. The van der Waals surface area contributed by atoms with Crippen LogP contribution in [0.4, 0.5) is 0 Å². The first-order valence-electron chi connectivity index (χ1n) is 5.07. The first-order chi connectivity index (χ1) is 5.31. The Morgan fingerprint density at radius 2 is 1.73 bits per heavy atom. The van der Waals surface area contributed by atoms with E-state index in [2.05, 4.69) is 18.7 Å². The Morgan fingerprint density at radius 1 is 1.18 bits per heavy atom. The van der Waals surface area contributed by atoms with Crippen molar-refractivity contribution in [3.63, 3.8) is 0 Å². The van der Waals surface area contributed by atoms with E-state index in [0.29, 0.717) is 0 Å². The lowest BCUT2D eigenvalue weighted by molar-refractivity contribution is 0.117. The van der Waals surface area contributed by atoms with Gasteiger partial charge in [-0.2, -0.15) is 0 Å². The van der Waals surface area contributed by atoms with Gasteiger partial charge < -0.3 is 0 Å². The predicted molar refractivity (Wildman–Crippen MR) is 47.6 cm³/mol. The SMILES string of the molecule is CCN1C2CC[C@@H]1CC(C)C2. The normalized spacial score (nSPS) is 44.7. The van der Waals surface area contributed by atoms with Gasteiger partial charge in [0.05, 0.1) is 0 Å². The maximum Gasteiger partial charge on any atom is 0.0101 e. The van der Waals surface area contributed by atoms with Crippen LogP contribution in [-0.4, -0.2) is 23.5 Å². The van der Waals surface area contributed by atoms with Gasteiger partial charge >= 0.3 is 0 Å². The van der Waals surface area contributed by atoms with Crippen molar-refractivity contribution < 1.29 is 0 Å². The second-order valence-corrected chi connectivity index (χ2v) is 4.29. The minimum atomic E-state index is 0.953. The quantitative estimate of drug-likeness (QED) is 0.558. The molecule has 2 saturated heterocycles.